The van der Waals surface area contributed by atoms with Crippen LogP contribution in [0.15, 0.2) is 0 Å². The zero-order valence-electron chi connectivity index (χ0n) is 10.7. The Bertz CT molecular complexity index is 376. The first-order chi connectivity index (χ1) is 7.76. The van der Waals surface area contributed by atoms with Crippen molar-refractivity contribution in [3.63, 3.8) is 0 Å². The van der Waals surface area contributed by atoms with Crippen molar-refractivity contribution >= 4 is 15.7 Å². The maximum Gasteiger partial charge on any atom is 0.227 e. The smallest absolute Gasteiger partial charge is 0.227 e. The van der Waals surface area contributed by atoms with Crippen molar-refractivity contribution in [2.45, 2.75) is 38.8 Å². The van der Waals surface area contributed by atoms with Crippen LogP contribution in [0.3, 0.4) is 0 Å². The van der Waals surface area contributed by atoms with E-state index in [1.54, 1.807) is 18.7 Å². The fourth-order valence-corrected chi connectivity index (χ4v) is 3.02. The summed E-state index contributed by atoms with van der Waals surface area (Å²) in [5.74, 6) is -0.240. The second-order valence-electron chi connectivity index (χ2n) is 5.05. The van der Waals surface area contributed by atoms with Gasteiger partial charge in [0.2, 0.25) is 5.91 Å². The Labute approximate surface area is 103 Å². The average molecular weight is 262 g/mol. The SMILES string of the molecule is CC(CN)C(=O)N(C(C)CS(C)(=O)=O)C1CC1. The molecule has 1 amide bonds. The number of carbonyl (C=O) groups is 1. The molecule has 0 heterocycles. The van der Waals surface area contributed by atoms with Gasteiger partial charge in [-0.15, -0.1) is 0 Å². The highest BCUT2D eigenvalue weighted by Crippen LogP contribution is 2.30. The fraction of sp³-hybridized carbons (Fsp3) is 0.909. The van der Waals surface area contributed by atoms with Crippen molar-refractivity contribution in [1.82, 2.24) is 4.90 Å². The second kappa shape index (κ2) is 5.35. The van der Waals surface area contributed by atoms with Gasteiger partial charge in [-0.25, -0.2) is 8.42 Å². The molecule has 0 aromatic rings. The molecular formula is C11H22N2O3S. The summed E-state index contributed by atoms with van der Waals surface area (Å²) in [6.45, 7) is 3.87. The van der Waals surface area contributed by atoms with Gasteiger partial charge >= 0.3 is 0 Å². The molecule has 1 rings (SSSR count). The van der Waals surface area contributed by atoms with Gasteiger partial charge in [-0.05, 0) is 19.8 Å². The maximum absolute atomic E-state index is 12.1. The Morgan fingerprint density at radius 2 is 1.94 bits per heavy atom. The highest BCUT2D eigenvalue weighted by atomic mass is 32.2. The van der Waals surface area contributed by atoms with Crippen molar-refractivity contribution in [1.29, 1.82) is 0 Å². The lowest BCUT2D eigenvalue weighted by molar-refractivity contribution is -0.136. The zero-order valence-corrected chi connectivity index (χ0v) is 11.5. The summed E-state index contributed by atoms with van der Waals surface area (Å²) in [5.41, 5.74) is 5.49. The quantitative estimate of drug-likeness (QED) is 0.731. The molecule has 1 aliphatic rings. The van der Waals surface area contributed by atoms with Crippen LogP contribution < -0.4 is 5.73 Å². The fourth-order valence-electron chi connectivity index (χ4n) is 1.98. The first kappa shape index (κ1) is 14.4. The van der Waals surface area contributed by atoms with Crippen molar-refractivity contribution in [2.75, 3.05) is 18.6 Å². The van der Waals surface area contributed by atoms with E-state index in [-0.39, 0.29) is 29.7 Å². The van der Waals surface area contributed by atoms with Crippen molar-refractivity contribution in [2.24, 2.45) is 11.7 Å². The second-order valence-corrected chi connectivity index (χ2v) is 7.24. The molecule has 0 aromatic carbocycles. The molecule has 2 atom stereocenters. The number of sulfone groups is 1. The molecule has 0 bridgehead atoms. The Morgan fingerprint density at radius 1 is 1.41 bits per heavy atom. The molecule has 6 heteroatoms. The molecule has 1 aliphatic carbocycles. The molecule has 1 saturated carbocycles. The lowest BCUT2D eigenvalue weighted by Gasteiger charge is -2.31. The van der Waals surface area contributed by atoms with Crippen molar-refractivity contribution in [3.05, 3.63) is 0 Å². The number of amides is 1. The van der Waals surface area contributed by atoms with Gasteiger partial charge in [-0.3, -0.25) is 4.79 Å². The van der Waals surface area contributed by atoms with Crippen LogP contribution in [0, 0.1) is 5.92 Å². The largest absolute Gasteiger partial charge is 0.336 e. The van der Waals surface area contributed by atoms with Crippen molar-refractivity contribution < 1.29 is 13.2 Å². The van der Waals surface area contributed by atoms with Gasteiger partial charge in [0, 0.05) is 30.8 Å². The number of rotatable bonds is 6. The van der Waals surface area contributed by atoms with E-state index < -0.39 is 9.84 Å². The van der Waals surface area contributed by atoms with Crippen LogP contribution in [-0.4, -0.2) is 49.9 Å². The summed E-state index contributed by atoms with van der Waals surface area (Å²) in [6, 6.07) is -0.0488. The first-order valence-corrected chi connectivity index (χ1v) is 8.02. The van der Waals surface area contributed by atoms with E-state index in [4.69, 9.17) is 5.73 Å². The van der Waals surface area contributed by atoms with Crippen LogP contribution in [0.5, 0.6) is 0 Å². The van der Waals surface area contributed by atoms with E-state index >= 15 is 0 Å². The molecule has 0 aromatic heterocycles. The number of hydrogen-bond acceptors (Lipinski definition) is 4. The molecule has 0 radical (unpaired) electrons. The van der Waals surface area contributed by atoms with E-state index in [0.29, 0.717) is 6.54 Å². The predicted molar refractivity (Wildman–Crippen MR) is 67.3 cm³/mol. The van der Waals surface area contributed by atoms with Gasteiger partial charge in [0.1, 0.15) is 9.84 Å². The zero-order chi connectivity index (χ0) is 13.2. The Morgan fingerprint density at radius 3 is 2.29 bits per heavy atom. The van der Waals surface area contributed by atoms with Crippen LogP contribution in [-0.2, 0) is 14.6 Å². The summed E-state index contributed by atoms with van der Waals surface area (Å²) >= 11 is 0. The number of hydrogen-bond donors (Lipinski definition) is 1. The Hall–Kier alpha value is -0.620. The topological polar surface area (TPSA) is 80.5 Å². The van der Waals surface area contributed by atoms with E-state index in [9.17, 15) is 13.2 Å². The van der Waals surface area contributed by atoms with Gasteiger partial charge in [-0.2, -0.15) is 0 Å². The standard InChI is InChI=1S/C11H22N2O3S/c1-8(6-12)11(14)13(10-4-5-10)9(2)7-17(3,15)16/h8-10H,4-7,12H2,1-3H3. The molecule has 2 unspecified atom stereocenters. The van der Waals surface area contributed by atoms with Gasteiger partial charge in [0.05, 0.1) is 5.75 Å². The molecule has 0 saturated heterocycles. The highest BCUT2D eigenvalue weighted by Gasteiger charge is 2.37. The average Bonchev–Trinajstić information content (AvgIpc) is 2.98. The number of nitrogens with two attached hydrogens (primary N) is 1. The van der Waals surface area contributed by atoms with Gasteiger partial charge in [0.15, 0.2) is 0 Å². The monoisotopic (exact) mass is 262 g/mol. The third-order valence-corrected chi connectivity index (χ3v) is 4.08. The molecule has 1 fully saturated rings. The third-order valence-electron chi connectivity index (χ3n) is 2.99. The molecular weight excluding hydrogens is 240 g/mol. The first-order valence-electron chi connectivity index (χ1n) is 5.96. The highest BCUT2D eigenvalue weighted by molar-refractivity contribution is 7.90. The molecule has 2 N–H and O–H groups in total. The van der Waals surface area contributed by atoms with Gasteiger partial charge in [0.25, 0.3) is 0 Å². The van der Waals surface area contributed by atoms with Crippen molar-refractivity contribution in [3.8, 4) is 0 Å². The maximum atomic E-state index is 12.1. The summed E-state index contributed by atoms with van der Waals surface area (Å²) < 4.78 is 22.6. The summed E-state index contributed by atoms with van der Waals surface area (Å²) in [7, 11) is -3.07. The molecule has 5 nitrogen and oxygen atoms in total. The minimum absolute atomic E-state index is 0.0204. The Balaban J connectivity index is 2.75. The Kier molecular flexibility index (Phi) is 4.55. The molecule has 17 heavy (non-hydrogen) atoms. The summed E-state index contributed by atoms with van der Waals surface area (Å²) in [6.07, 6.45) is 3.14. The molecule has 0 aliphatic heterocycles. The molecule has 0 spiro atoms. The minimum atomic E-state index is -3.07. The van der Waals surface area contributed by atoms with Crippen LogP contribution in [0.25, 0.3) is 0 Å². The number of carbonyl (C=O) groups excluding carboxylic acids is 1. The lowest BCUT2D eigenvalue weighted by atomic mass is 10.1. The summed E-state index contributed by atoms with van der Waals surface area (Å²) in [4.78, 5) is 13.9. The predicted octanol–water partition coefficient (Wildman–Crippen LogP) is 0.00530. The van der Waals surface area contributed by atoms with E-state index in [2.05, 4.69) is 0 Å². The van der Waals surface area contributed by atoms with Crippen LogP contribution in [0.4, 0.5) is 0 Å². The normalized spacial score (nSPS) is 19.8. The van der Waals surface area contributed by atoms with E-state index in [1.165, 1.54) is 6.26 Å². The van der Waals surface area contributed by atoms with Crippen LogP contribution in [0.2, 0.25) is 0 Å². The minimum Gasteiger partial charge on any atom is -0.336 e. The summed E-state index contributed by atoms with van der Waals surface area (Å²) in [5, 5.41) is 0. The third kappa shape index (κ3) is 4.27. The number of nitrogens with zero attached hydrogens (tertiary/aromatic N) is 1. The van der Waals surface area contributed by atoms with Crippen LogP contribution in [0.1, 0.15) is 26.7 Å². The van der Waals surface area contributed by atoms with E-state index in [1.807, 2.05) is 0 Å². The van der Waals surface area contributed by atoms with Crippen LogP contribution >= 0.6 is 0 Å². The lowest BCUT2D eigenvalue weighted by Crippen LogP contribution is -2.47. The van der Waals surface area contributed by atoms with Gasteiger partial charge in [-0.1, -0.05) is 6.92 Å². The van der Waals surface area contributed by atoms with Gasteiger partial charge < -0.3 is 10.6 Å². The molecule has 100 valence electrons. The van der Waals surface area contributed by atoms with E-state index in [0.717, 1.165) is 12.8 Å².